The van der Waals surface area contributed by atoms with Crippen LogP contribution in [0.1, 0.15) is 21.7 Å². The number of allylic oxidation sites excluding steroid dienone is 1. The van der Waals surface area contributed by atoms with Gasteiger partial charge < -0.3 is 14.4 Å². The molecule has 0 aliphatic rings. The molecule has 0 aliphatic carbocycles. The van der Waals surface area contributed by atoms with Gasteiger partial charge in [0, 0.05) is 18.3 Å². The van der Waals surface area contributed by atoms with E-state index in [2.05, 4.69) is 6.58 Å². The van der Waals surface area contributed by atoms with Crippen LogP contribution in [0, 0.1) is 6.92 Å². The van der Waals surface area contributed by atoms with Gasteiger partial charge in [-0.05, 0) is 12.5 Å². The van der Waals surface area contributed by atoms with E-state index < -0.39 is 11.4 Å². The smallest absolute Gasteiger partial charge is 0.356 e. The van der Waals surface area contributed by atoms with E-state index in [-0.39, 0.29) is 24.6 Å². The molecular formula is C17H17NO4. The van der Waals surface area contributed by atoms with E-state index in [4.69, 9.17) is 4.74 Å². The zero-order valence-corrected chi connectivity index (χ0v) is 12.3. The number of hydrogen-bond donors (Lipinski definition) is 1. The zero-order valence-electron chi connectivity index (χ0n) is 12.3. The van der Waals surface area contributed by atoms with Crippen LogP contribution in [0.15, 0.2) is 53.8 Å². The van der Waals surface area contributed by atoms with E-state index in [1.165, 1.54) is 10.6 Å². The van der Waals surface area contributed by atoms with E-state index in [0.717, 1.165) is 5.56 Å². The molecule has 5 heteroatoms. The summed E-state index contributed by atoms with van der Waals surface area (Å²) in [6.07, 6.45) is 1.57. The van der Waals surface area contributed by atoms with E-state index in [0.29, 0.717) is 5.69 Å². The predicted octanol–water partition coefficient (Wildman–Crippen LogP) is 2.62. The van der Waals surface area contributed by atoms with Crippen LogP contribution in [0.4, 0.5) is 0 Å². The molecule has 1 N–H and O–H groups in total. The number of aryl methyl sites for hydroxylation is 1. The van der Waals surface area contributed by atoms with Crippen molar-refractivity contribution in [3.63, 3.8) is 0 Å². The first-order valence-corrected chi connectivity index (χ1v) is 6.80. The van der Waals surface area contributed by atoms with Crippen LogP contribution in [-0.2, 0) is 13.2 Å². The third-order valence-corrected chi connectivity index (χ3v) is 3.21. The Morgan fingerprint density at radius 3 is 2.64 bits per heavy atom. The van der Waals surface area contributed by atoms with Gasteiger partial charge in [-0.3, -0.25) is 4.79 Å². The summed E-state index contributed by atoms with van der Waals surface area (Å²) in [7, 11) is 0. The number of pyridine rings is 1. The van der Waals surface area contributed by atoms with E-state index >= 15 is 0 Å². The number of nitrogens with zero attached hydrogens (tertiary/aromatic N) is 1. The minimum absolute atomic E-state index is 0.132. The largest absolute Gasteiger partial charge is 0.482 e. The summed E-state index contributed by atoms with van der Waals surface area (Å²) in [6, 6.07) is 10.6. The van der Waals surface area contributed by atoms with Gasteiger partial charge in [0.15, 0.2) is 11.4 Å². The van der Waals surface area contributed by atoms with Crippen molar-refractivity contribution >= 4 is 5.97 Å². The lowest BCUT2D eigenvalue weighted by molar-refractivity contribution is 0.0677. The maximum atomic E-state index is 12.1. The van der Waals surface area contributed by atoms with Crippen molar-refractivity contribution in [2.75, 3.05) is 0 Å². The van der Waals surface area contributed by atoms with Crippen molar-refractivity contribution in [2.24, 2.45) is 0 Å². The molecule has 1 aromatic heterocycles. The normalized spacial score (nSPS) is 10.2. The van der Waals surface area contributed by atoms with E-state index in [9.17, 15) is 14.7 Å². The predicted molar refractivity (Wildman–Crippen MR) is 83.4 cm³/mol. The van der Waals surface area contributed by atoms with Crippen LogP contribution in [-0.4, -0.2) is 15.6 Å². The van der Waals surface area contributed by atoms with Crippen LogP contribution in [0.5, 0.6) is 5.75 Å². The van der Waals surface area contributed by atoms with Gasteiger partial charge in [0.25, 0.3) is 0 Å². The summed E-state index contributed by atoms with van der Waals surface area (Å²) >= 11 is 0. The molecule has 1 heterocycles. The summed E-state index contributed by atoms with van der Waals surface area (Å²) in [6.45, 7) is 5.71. The Bertz CT molecular complexity index is 747. The molecule has 22 heavy (non-hydrogen) atoms. The van der Waals surface area contributed by atoms with Gasteiger partial charge in [-0.15, -0.1) is 6.58 Å². The molecule has 0 spiro atoms. The molecule has 2 rings (SSSR count). The first-order chi connectivity index (χ1) is 10.5. The standard InChI is InChI=1S/C17H17NO4/c1-3-9-18-12(2)10-14(19)16(15(18)17(20)21)22-11-13-7-5-4-6-8-13/h3-8,10H,1,9,11H2,2H3,(H,20,21). The number of rotatable bonds is 6. The quantitative estimate of drug-likeness (QED) is 0.833. The highest BCUT2D eigenvalue weighted by atomic mass is 16.5. The summed E-state index contributed by atoms with van der Waals surface area (Å²) in [5, 5.41) is 9.45. The topological polar surface area (TPSA) is 68.5 Å². The maximum absolute atomic E-state index is 12.1. The Labute approximate surface area is 128 Å². The Morgan fingerprint density at radius 2 is 2.05 bits per heavy atom. The highest BCUT2D eigenvalue weighted by Crippen LogP contribution is 2.18. The highest BCUT2D eigenvalue weighted by molar-refractivity contribution is 5.89. The van der Waals surface area contributed by atoms with Crippen LogP contribution >= 0.6 is 0 Å². The van der Waals surface area contributed by atoms with Gasteiger partial charge >= 0.3 is 5.97 Å². The van der Waals surface area contributed by atoms with Crippen molar-refractivity contribution in [2.45, 2.75) is 20.1 Å². The lowest BCUT2D eigenvalue weighted by Gasteiger charge is -2.16. The van der Waals surface area contributed by atoms with Gasteiger partial charge in [-0.2, -0.15) is 0 Å². The minimum atomic E-state index is -1.20. The summed E-state index contributed by atoms with van der Waals surface area (Å²) in [5.74, 6) is -1.35. The van der Waals surface area contributed by atoms with E-state index in [1.54, 1.807) is 13.0 Å². The first kappa shape index (κ1) is 15.6. The number of carbonyl (C=O) groups is 1. The molecule has 2 aromatic rings. The van der Waals surface area contributed by atoms with Gasteiger partial charge in [0.2, 0.25) is 5.43 Å². The Morgan fingerprint density at radius 1 is 1.36 bits per heavy atom. The van der Waals surface area contributed by atoms with Crippen molar-refractivity contribution in [3.8, 4) is 5.75 Å². The molecule has 0 bridgehead atoms. The third-order valence-electron chi connectivity index (χ3n) is 3.21. The number of aromatic nitrogens is 1. The Balaban J connectivity index is 2.45. The van der Waals surface area contributed by atoms with Gasteiger partial charge in [-0.25, -0.2) is 4.79 Å². The van der Waals surface area contributed by atoms with Crippen LogP contribution in [0.3, 0.4) is 0 Å². The second-order valence-corrected chi connectivity index (χ2v) is 4.81. The molecule has 5 nitrogen and oxygen atoms in total. The summed E-state index contributed by atoms with van der Waals surface area (Å²) in [5.41, 5.74) is 0.815. The number of ether oxygens (including phenoxy) is 1. The number of hydrogen-bond acceptors (Lipinski definition) is 3. The van der Waals surface area contributed by atoms with Gasteiger partial charge in [0.1, 0.15) is 6.61 Å². The zero-order chi connectivity index (χ0) is 16.1. The number of aromatic carboxylic acids is 1. The fourth-order valence-corrected chi connectivity index (χ4v) is 2.19. The van der Waals surface area contributed by atoms with Crippen molar-refractivity contribution < 1.29 is 14.6 Å². The highest BCUT2D eigenvalue weighted by Gasteiger charge is 2.20. The molecule has 0 aliphatic heterocycles. The monoisotopic (exact) mass is 299 g/mol. The first-order valence-electron chi connectivity index (χ1n) is 6.80. The average Bonchev–Trinajstić information content (AvgIpc) is 2.49. The molecular weight excluding hydrogens is 282 g/mol. The summed E-state index contributed by atoms with van der Waals surface area (Å²) < 4.78 is 7.01. The fraction of sp³-hybridized carbons (Fsp3) is 0.176. The molecule has 0 saturated carbocycles. The molecule has 0 radical (unpaired) electrons. The van der Waals surface area contributed by atoms with Crippen LogP contribution in [0.25, 0.3) is 0 Å². The Kier molecular flexibility index (Phi) is 4.78. The fourth-order valence-electron chi connectivity index (χ4n) is 2.19. The summed E-state index contributed by atoms with van der Waals surface area (Å²) in [4.78, 5) is 23.7. The number of benzene rings is 1. The minimum Gasteiger partial charge on any atom is -0.482 e. The van der Waals surface area contributed by atoms with Crippen LogP contribution in [0.2, 0.25) is 0 Å². The third kappa shape index (κ3) is 3.25. The van der Waals surface area contributed by atoms with Crippen molar-refractivity contribution in [1.29, 1.82) is 0 Å². The molecule has 1 aromatic carbocycles. The Hall–Kier alpha value is -2.82. The van der Waals surface area contributed by atoms with Gasteiger partial charge in [0.05, 0.1) is 0 Å². The second-order valence-electron chi connectivity index (χ2n) is 4.81. The molecule has 0 amide bonds. The molecule has 0 saturated heterocycles. The SMILES string of the molecule is C=CCn1c(C)cc(=O)c(OCc2ccccc2)c1C(=O)O. The van der Waals surface area contributed by atoms with Crippen molar-refractivity contribution in [1.82, 2.24) is 4.57 Å². The maximum Gasteiger partial charge on any atom is 0.356 e. The molecule has 0 unspecified atom stereocenters. The molecule has 0 fully saturated rings. The average molecular weight is 299 g/mol. The molecule has 114 valence electrons. The van der Waals surface area contributed by atoms with Crippen molar-refractivity contribution in [3.05, 3.63) is 76.2 Å². The number of carboxylic acids is 1. The van der Waals surface area contributed by atoms with E-state index in [1.807, 2.05) is 30.3 Å². The lowest BCUT2D eigenvalue weighted by Crippen LogP contribution is -2.22. The number of carboxylic acid groups (broad SMARTS) is 1. The molecule has 0 atom stereocenters. The second kappa shape index (κ2) is 6.76. The van der Waals surface area contributed by atoms with Crippen LogP contribution < -0.4 is 10.2 Å². The lowest BCUT2D eigenvalue weighted by atomic mass is 10.2. The van der Waals surface area contributed by atoms with Gasteiger partial charge in [-0.1, -0.05) is 36.4 Å².